The van der Waals surface area contributed by atoms with Crippen LogP contribution in [0.5, 0.6) is 0 Å². The number of rotatable bonds is 2. The molecule has 2 aliphatic rings. The fourth-order valence-electron chi connectivity index (χ4n) is 2.20. The van der Waals surface area contributed by atoms with E-state index in [1.54, 1.807) is 16.2 Å². The monoisotopic (exact) mass is 250 g/mol. The predicted molar refractivity (Wildman–Crippen MR) is 66.1 cm³/mol. The average molecular weight is 250 g/mol. The topological polar surface area (TPSA) is 42.4 Å². The normalized spacial score (nSPS) is 23.9. The van der Waals surface area contributed by atoms with Crippen molar-refractivity contribution in [2.75, 3.05) is 18.1 Å². The Morgan fingerprint density at radius 3 is 3.18 bits per heavy atom. The molecular formula is C12H14N2O2S. The van der Waals surface area contributed by atoms with Gasteiger partial charge in [-0.2, -0.15) is 0 Å². The minimum Gasteiger partial charge on any atom is -0.375 e. The Hall–Kier alpha value is -1.20. The Kier molecular flexibility index (Phi) is 2.72. The lowest BCUT2D eigenvalue weighted by molar-refractivity contribution is -0.117. The largest absolute Gasteiger partial charge is 0.375 e. The van der Waals surface area contributed by atoms with Crippen LogP contribution in [0.3, 0.4) is 0 Å². The second-order valence-electron chi connectivity index (χ2n) is 4.37. The van der Waals surface area contributed by atoms with E-state index in [-0.39, 0.29) is 11.8 Å². The van der Waals surface area contributed by atoms with E-state index in [1.165, 1.54) is 4.88 Å². The Labute approximate surface area is 104 Å². The lowest BCUT2D eigenvalue weighted by Gasteiger charge is -2.11. The first kappa shape index (κ1) is 10.9. The summed E-state index contributed by atoms with van der Waals surface area (Å²) in [6.45, 7) is 5.85. The third-order valence-corrected chi connectivity index (χ3v) is 4.30. The number of aromatic nitrogens is 1. The molecule has 1 aromatic rings. The molecule has 4 nitrogen and oxygen atoms in total. The first-order valence-corrected chi connectivity index (χ1v) is 6.59. The second kappa shape index (κ2) is 4.23. The first-order valence-electron chi connectivity index (χ1n) is 5.77. The first-order chi connectivity index (χ1) is 8.28. The van der Waals surface area contributed by atoms with Crippen LogP contribution in [0.1, 0.15) is 17.0 Å². The van der Waals surface area contributed by atoms with E-state index in [1.807, 2.05) is 6.08 Å². The van der Waals surface area contributed by atoms with Gasteiger partial charge in [0.2, 0.25) is 5.91 Å². The van der Waals surface area contributed by atoms with E-state index < -0.39 is 0 Å². The van der Waals surface area contributed by atoms with Crippen molar-refractivity contribution in [3.05, 3.63) is 23.2 Å². The number of carbonyl (C=O) groups excluding carboxylic acids is 1. The fourth-order valence-corrected chi connectivity index (χ4v) is 3.28. The zero-order chi connectivity index (χ0) is 11.8. The molecule has 0 spiro atoms. The zero-order valence-electron chi connectivity index (χ0n) is 9.52. The lowest BCUT2D eigenvalue weighted by atomic mass is 10.1. The van der Waals surface area contributed by atoms with Crippen molar-refractivity contribution >= 4 is 22.4 Å². The summed E-state index contributed by atoms with van der Waals surface area (Å²) in [7, 11) is 0. The van der Waals surface area contributed by atoms with Crippen LogP contribution in [0.25, 0.3) is 0 Å². The van der Waals surface area contributed by atoms with Gasteiger partial charge in [-0.15, -0.1) is 6.58 Å². The van der Waals surface area contributed by atoms with Gasteiger partial charge in [0.1, 0.15) is 0 Å². The maximum absolute atomic E-state index is 11.9. The van der Waals surface area contributed by atoms with Crippen LogP contribution in [-0.4, -0.2) is 24.0 Å². The average Bonchev–Trinajstić information content (AvgIpc) is 2.91. The van der Waals surface area contributed by atoms with E-state index in [4.69, 9.17) is 4.74 Å². The van der Waals surface area contributed by atoms with Gasteiger partial charge in [0.05, 0.1) is 23.8 Å². The van der Waals surface area contributed by atoms with Crippen LogP contribution in [0.2, 0.25) is 0 Å². The van der Waals surface area contributed by atoms with Crippen molar-refractivity contribution in [2.24, 2.45) is 5.92 Å². The van der Waals surface area contributed by atoms with E-state index in [2.05, 4.69) is 11.6 Å². The number of amides is 1. The Morgan fingerprint density at radius 2 is 2.47 bits per heavy atom. The van der Waals surface area contributed by atoms with Crippen molar-refractivity contribution < 1.29 is 9.53 Å². The van der Waals surface area contributed by atoms with E-state index in [0.717, 1.165) is 30.4 Å². The lowest BCUT2D eigenvalue weighted by Crippen LogP contribution is -2.24. The Bertz CT molecular complexity index is 446. The summed E-state index contributed by atoms with van der Waals surface area (Å²) in [6.07, 6.45) is 3.28. The number of nitrogens with zero attached hydrogens (tertiary/aromatic N) is 2. The van der Waals surface area contributed by atoms with Gasteiger partial charge in [-0.05, 0) is 0 Å². The van der Waals surface area contributed by atoms with Crippen molar-refractivity contribution in [3.8, 4) is 0 Å². The third kappa shape index (κ3) is 1.89. The van der Waals surface area contributed by atoms with Crippen LogP contribution in [-0.2, 0) is 22.6 Å². The number of hydrogen-bond donors (Lipinski definition) is 0. The van der Waals surface area contributed by atoms with Gasteiger partial charge < -0.3 is 4.74 Å². The number of fused-ring (bicyclic) bond motifs is 1. The summed E-state index contributed by atoms with van der Waals surface area (Å²) in [5, 5.41) is 0.829. The molecule has 2 aliphatic heterocycles. The molecule has 0 N–H and O–H groups in total. The maximum Gasteiger partial charge on any atom is 0.229 e. The SMILES string of the molecule is C=CC1CC(=O)N(c2nc3c(s2)COCC3)C1. The Morgan fingerprint density at radius 1 is 1.59 bits per heavy atom. The summed E-state index contributed by atoms with van der Waals surface area (Å²) in [5.41, 5.74) is 1.10. The third-order valence-electron chi connectivity index (χ3n) is 3.20. The molecule has 17 heavy (non-hydrogen) atoms. The molecule has 3 heterocycles. The van der Waals surface area contributed by atoms with Crippen LogP contribution in [0, 0.1) is 5.92 Å². The molecule has 0 aromatic carbocycles. The van der Waals surface area contributed by atoms with Crippen molar-refractivity contribution in [3.63, 3.8) is 0 Å². The molecular weight excluding hydrogens is 236 g/mol. The highest BCUT2D eigenvalue weighted by Gasteiger charge is 2.31. The molecule has 0 radical (unpaired) electrons. The molecule has 1 amide bonds. The highest BCUT2D eigenvalue weighted by atomic mass is 32.1. The molecule has 1 aromatic heterocycles. The minimum absolute atomic E-state index is 0.155. The van der Waals surface area contributed by atoms with E-state index >= 15 is 0 Å². The molecule has 0 bridgehead atoms. The number of anilines is 1. The van der Waals surface area contributed by atoms with Gasteiger partial charge >= 0.3 is 0 Å². The maximum atomic E-state index is 11.9. The molecule has 1 saturated heterocycles. The van der Waals surface area contributed by atoms with Crippen LogP contribution in [0.4, 0.5) is 5.13 Å². The van der Waals surface area contributed by atoms with Crippen LogP contribution in [0.15, 0.2) is 12.7 Å². The smallest absolute Gasteiger partial charge is 0.229 e. The number of thiazole rings is 1. The summed E-state index contributed by atoms with van der Waals surface area (Å²) < 4.78 is 5.39. The van der Waals surface area contributed by atoms with Crippen LogP contribution >= 0.6 is 11.3 Å². The Balaban J connectivity index is 1.87. The number of ether oxygens (including phenoxy) is 1. The highest BCUT2D eigenvalue weighted by Crippen LogP contribution is 2.33. The second-order valence-corrected chi connectivity index (χ2v) is 5.44. The molecule has 1 atom stereocenters. The molecule has 1 fully saturated rings. The van der Waals surface area contributed by atoms with Gasteiger partial charge in [0.15, 0.2) is 5.13 Å². The fraction of sp³-hybridized carbons (Fsp3) is 0.500. The molecule has 90 valence electrons. The number of carbonyl (C=O) groups is 1. The van der Waals surface area contributed by atoms with Gasteiger partial charge in [-0.25, -0.2) is 4.98 Å². The summed E-state index contributed by atoms with van der Waals surface area (Å²) in [5.74, 6) is 0.418. The standard InChI is InChI=1S/C12H14N2O2S/c1-2-8-5-11(15)14(6-8)12-13-9-3-4-16-7-10(9)17-12/h2,8H,1,3-7H2. The van der Waals surface area contributed by atoms with Gasteiger partial charge in [-0.3, -0.25) is 9.69 Å². The van der Waals surface area contributed by atoms with E-state index in [9.17, 15) is 4.79 Å². The van der Waals surface area contributed by atoms with E-state index in [0.29, 0.717) is 13.0 Å². The summed E-state index contributed by atoms with van der Waals surface area (Å²) >= 11 is 1.58. The molecule has 0 saturated carbocycles. The number of hydrogen-bond acceptors (Lipinski definition) is 4. The zero-order valence-corrected chi connectivity index (χ0v) is 10.3. The molecule has 1 unspecified atom stereocenters. The summed E-state index contributed by atoms with van der Waals surface area (Å²) in [6, 6.07) is 0. The minimum atomic E-state index is 0.155. The molecule has 0 aliphatic carbocycles. The van der Waals surface area contributed by atoms with Crippen molar-refractivity contribution in [1.82, 2.24) is 4.98 Å². The molecule has 3 rings (SSSR count). The van der Waals surface area contributed by atoms with Gasteiger partial charge in [0, 0.05) is 25.3 Å². The summed E-state index contributed by atoms with van der Waals surface area (Å²) in [4.78, 5) is 19.4. The van der Waals surface area contributed by atoms with Gasteiger partial charge in [-0.1, -0.05) is 17.4 Å². The molecule has 5 heteroatoms. The van der Waals surface area contributed by atoms with Crippen molar-refractivity contribution in [1.29, 1.82) is 0 Å². The van der Waals surface area contributed by atoms with Gasteiger partial charge in [0.25, 0.3) is 0 Å². The van der Waals surface area contributed by atoms with Crippen LogP contribution < -0.4 is 4.90 Å². The predicted octanol–water partition coefficient (Wildman–Crippen LogP) is 1.75. The quantitative estimate of drug-likeness (QED) is 0.751. The van der Waals surface area contributed by atoms with Crippen molar-refractivity contribution in [2.45, 2.75) is 19.4 Å². The highest BCUT2D eigenvalue weighted by molar-refractivity contribution is 7.15.